The minimum Gasteiger partial charge on any atom is -0.394 e. The third-order valence-corrected chi connectivity index (χ3v) is 2.23. The maximum Gasteiger partial charge on any atom is 0.0610 e. The summed E-state index contributed by atoms with van der Waals surface area (Å²) >= 11 is 0. The summed E-state index contributed by atoms with van der Waals surface area (Å²) in [6.07, 6.45) is 2.31. The van der Waals surface area contributed by atoms with Gasteiger partial charge in [0, 0.05) is 5.54 Å². The second-order valence-electron chi connectivity index (χ2n) is 3.96. The van der Waals surface area contributed by atoms with Gasteiger partial charge in [-0.05, 0) is 39.8 Å². The lowest BCUT2D eigenvalue weighted by Crippen LogP contribution is -2.47. The second kappa shape index (κ2) is 5.55. The number of rotatable bonds is 6. The fraction of sp³-hybridized carbons (Fsp3) is 1.00. The summed E-state index contributed by atoms with van der Waals surface area (Å²) in [6, 6.07) is 0. The molecule has 0 heterocycles. The summed E-state index contributed by atoms with van der Waals surface area (Å²) in [7, 11) is 0. The Morgan fingerprint density at radius 3 is 1.75 bits per heavy atom. The molecule has 0 bridgehead atoms. The van der Waals surface area contributed by atoms with Crippen LogP contribution in [-0.2, 0) is 0 Å². The summed E-state index contributed by atoms with van der Waals surface area (Å²) in [6.45, 7) is 11.0. The van der Waals surface area contributed by atoms with Gasteiger partial charge in [0.2, 0.25) is 0 Å². The Kier molecular flexibility index (Phi) is 5.51. The largest absolute Gasteiger partial charge is 0.394 e. The molecule has 0 aromatic carbocycles. The van der Waals surface area contributed by atoms with Gasteiger partial charge in [0.1, 0.15) is 0 Å². The van der Waals surface area contributed by atoms with Gasteiger partial charge in [0.15, 0.2) is 0 Å². The van der Waals surface area contributed by atoms with Gasteiger partial charge in [0.25, 0.3) is 0 Å². The van der Waals surface area contributed by atoms with Gasteiger partial charge < -0.3 is 5.11 Å². The third-order valence-electron chi connectivity index (χ3n) is 2.23. The minimum atomic E-state index is -0.0496. The Balaban J connectivity index is 4.07. The highest BCUT2D eigenvalue weighted by Crippen LogP contribution is 2.14. The molecule has 0 aromatic rings. The molecule has 0 saturated carbocycles. The van der Waals surface area contributed by atoms with Gasteiger partial charge >= 0.3 is 0 Å². The molecule has 0 fully saturated rings. The normalized spacial score (nSPS) is 12.5. The van der Waals surface area contributed by atoms with Gasteiger partial charge in [-0.3, -0.25) is 4.90 Å². The number of nitrogens with zero attached hydrogens (tertiary/aromatic N) is 1. The molecule has 0 aliphatic carbocycles. The average Bonchev–Trinajstić information content (AvgIpc) is 2.04. The van der Waals surface area contributed by atoms with Crippen molar-refractivity contribution in [3.8, 4) is 0 Å². The first-order valence-corrected chi connectivity index (χ1v) is 4.94. The van der Waals surface area contributed by atoms with Crippen LogP contribution in [0.4, 0.5) is 0 Å². The van der Waals surface area contributed by atoms with E-state index in [1.165, 1.54) is 0 Å². The molecule has 0 atom stereocenters. The highest BCUT2D eigenvalue weighted by molar-refractivity contribution is 4.79. The summed E-state index contributed by atoms with van der Waals surface area (Å²) in [5.41, 5.74) is -0.0496. The quantitative estimate of drug-likeness (QED) is 0.663. The first kappa shape index (κ1) is 11.9. The van der Waals surface area contributed by atoms with Crippen molar-refractivity contribution < 1.29 is 5.11 Å². The molecule has 12 heavy (non-hydrogen) atoms. The van der Waals surface area contributed by atoms with E-state index >= 15 is 0 Å². The van der Waals surface area contributed by atoms with E-state index < -0.39 is 0 Å². The van der Waals surface area contributed by atoms with Gasteiger partial charge in [0.05, 0.1) is 6.61 Å². The Morgan fingerprint density at radius 2 is 1.50 bits per heavy atom. The smallest absolute Gasteiger partial charge is 0.0610 e. The molecule has 1 N–H and O–H groups in total. The van der Waals surface area contributed by atoms with Crippen molar-refractivity contribution in [1.29, 1.82) is 0 Å². The van der Waals surface area contributed by atoms with Crippen LogP contribution in [0.2, 0.25) is 0 Å². The number of hydrogen-bond donors (Lipinski definition) is 1. The van der Waals surface area contributed by atoms with Crippen LogP contribution in [0.1, 0.15) is 40.5 Å². The fourth-order valence-electron chi connectivity index (χ4n) is 1.36. The SMILES string of the molecule is CCCN(CCC)C(C)(C)CO. The summed E-state index contributed by atoms with van der Waals surface area (Å²) < 4.78 is 0. The molecule has 2 nitrogen and oxygen atoms in total. The molecule has 0 aliphatic heterocycles. The van der Waals surface area contributed by atoms with Crippen LogP contribution >= 0.6 is 0 Å². The van der Waals surface area contributed by atoms with Crippen LogP contribution in [0.25, 0.3) is 0 Å². The summed E-state index contributed by atoms with van der Waals surface area (Å²) in [5.74, 6) is 0. The van der Waals surface area contributed by atoms with Crippen LogP contribution in [0.15, 0.2) is 0 Å². The number of aliphatic hydroxyl groups excluding tert-OH is 1. The molecule has 0 aliphatic rings. The first-order valence-electron chi connectivity index (χ1n) is 4.94. The zero-order chi connectivity index (χ0) is 9.61. The van der Waals surface area contributed by atoms with Gasteiger partial charge in [-0.2, -0.15) is 0 Å². The monoisotopic (exact) mass is 173 g/mol. The topological polar surface area (TPSA) is 23.5 Å². The van der Waals surface area contributed by atoms with E-state index in [0.29, 0.717) is 0 Å². The molecule has 0 unspecified atom stereocenters. The standard InChI is InChI=1S/C10H23NO/c1-5-7-11(8-6-2)10(3,4)9-12/h12H,5-9H2,1-4H3. The first-order chi connectivity index (χ1) is 5.58. The molecule has 0 rings (SSSR count). The molecule has 74 valence electrons. The Labute approximate surface area is 76.6 Å². The zero-order valence-corrected chi connectivity index (χ0v) is 8.93. The number of aliphatic hydroxyl groups is 1. The fourth-order valence-corrected chi connectivity index (χ4v) is 1.36. The highest BCUT2D eigenvalue weighted by Gasteiger charge is 2.23. The molecule has 0 spiro atoms. The second-order valence-corrected chi connectivity index (χ2v) is 3.96. The van der Waals surface area contributed by atoms with Gasteiger partial charge in [-0.15, -0.1) is 0 Å². The average molecular weight is 173 g/mol. The minimum absolute atomic E-state index is 0.0496. The van der Waals surface area contributed by atoms with E-state index in [0.717, 1.165) is 25.9 Å². The lowest BCUT2D eigenvalue weighted by atomic mass is 10.0. The highest BCUT2D eigenvalue weighted by atomic mass is 16.3. The molecular weight excluding hydrogens is 150 g/mol. The van der Waals surface area contributed by atoms with Crippen molar-refractivity contribution in [2.45, 2.75) is 46.1 Å². The van der Waals surface area contributed by atoms with Crippen molar-refractivity contribution in [3.63, 3.8) is 0 Å². The Morgan fingerprint density at radius 1 is 1.08 bits per heavy atom. The lowest BCUT2D eigenvalue weighted by Gasteiger charge is -2.36. The van der Waals surface area contributed by atoms with Crippen LogP contribution in [0.3, 0.4) is 0 Å². The van der Waals surface area contributed by atoms with E-state index in [9.17, 15) is 5.11 Å². The van der Waals surface area contributed by atoms with E-state index in [4.69, 9.17) is 0 Å². The number of hydrogen-bond acceptors (Lipinski definition) is 2. The van der Waals surface area contributed by atoms with E-state index in [2.05, 4.69) is 32.6 Å². The molecule has 0 amide bonds. The molecule has 0 saturated heterocycles. The van der Waals surface area contributed by atoms with Crippen molar-refractivity contribution in [1.82, 2.24) is 4.90 Å². The Bertz CT molecular complexity index is 106. The van der Waals surface area contributed by atoms with Gasteiger partial charge in [-0.25, -0.2) is 0 Å². The van der Waals surface area contributed by atoms with Crippen LogP contribution in [0, 0.1) is 0 Å². The van der Waals surface area contributed by atoms with Crippen molar-refractivity contribution in [2.75, 3.05) is 19.7 Å². The van der Waals surface area contributed by atoms with Crippen LogP contribution in [-0.4, -0.2) is 35.2 Å². The predicted octanol–water partition coefficient (Wildman–Crippen LogP) is 1.88. The van der Waals surface area contributed by atoms with Crippen molar-refractivity contribution in [2.24, 2.45) is 0 Å². The van der Waals surface area contributed by atoms with Crippen LogP contribution < -0.4 is 0 Å². The van der Waals surface area contributed by atoms with Crippen molar-refractivity contribution >= 4 is 0 Å². The maximum absolute atomic E-state index is 9.18. The van der Waals surface area contributed by atoms with E-state index in [1.54, 1.807) is 0 Å². The summed E-state index contributed by atoms with van der Waals surface area (Å²) in [4.78, 5) is 2.35. The Hall–Kier alpha value is -0.0800. The lowest BCUT2D eigenvalue weighted by molar-refractivity contribution is 0.0570. The van der Waals surface area contributed by atoms with Crippen LogP contribution in [0.5, 0.6) is 0 Å². The molecule has 0 aromatic heterocycles. The van der Waals surface area contributed by atoms with E-state index in [1.807, 2.05) is 0 Å². The molecule has 2 heteroatoms. The maximum atomic E-state index is 9.18. The van der Waals surface area contributed by atoms with E-state index in [-0.39, 0.29) is 12.1 Å². The molecule has 0 radical (unpaired) electrons. The van der Waals surface area contributed by atoms with Gasteiger partial charge in [-0.1, -0.05) is 13.8 Å². The molecular formula is C10H23NO. The third kappa shape index (κ3) is 3.55. The summed E-state index contributed by atoms with van der Waals surface area (Å²) in [5, 5.41) is 9.18. The zero-order valence-electron chi connectivity index (χ0n) is 8.93. The predicted molar refractivity (Wildman–Crippen MR) is 53.3 cm³/mol. The van der Waals surface area contributed by atoms with Crippen molar-refractivity contribution in [3.05, 3.63) is 0 Å².